The van der Waals surface area contributed by atoms with Gasteiger partial charge in [-0.25, -0.2) is 10.9 Å². The number of hydrazine groups is 1. The molecule has 4 aliphatic rings. The molecule has 4 fully saturated rings. The summed E-state index contributed by atoms with van der Waals surface area (Å²) in [5.41, 5.74) is 6.89. The Kier molecular flexibility index (Phi) is 7.17. The average Bonchev–Trinajstić information content (AvgIpc) is 3.12. The maximum absolute atomic E-state index is 12.9. The van der Waals surface area contributed by atoms with Gasteiger partial charge < -0.3 is 16.0 Å². The number of rotatable bonds is 5. The molecule has 3 aliphatic heterocycles. The molecule has 0 bridgehead atoms. The van der Waals surface area contributed by atoms with E-state index in [2.05, 4.69) is 45.7 Å². The Morgan fingerprint density at radius 1 is 1.14 bits per heavy atom. The van der Waals surface area contributed by atoms with Crippen LogP contribution in [0.1, 0.15) is 58.3 Å². The topological polar surface area (TPSA) is 80.5 Å². The normalized spacial score (nSPS) is 40.6. The fourth-order valence-electron chi connectivity index (χ4n) is 5.34. The van der Waals surface area contributed by atoms with Gasteiger partial charge in [0, 0.05) is 23.4 Å². The molecule has 4 rings (SSSR count). The van der Waals surface area contributed by atoms with Gasteiger partial charge in [-0.1, -0.05) is 13.3 Å². The van der Waals surface area contributed by atoms with Crippen molar-refractivity contribution in [3.8, 4) is 0 Å². The largest absolute Gasteiger partial charge is 0.352 e. The van der Waals surface area contributed by atoms with E-state index in [4.69, 9.17) is 0 Å². The average molecular weight is 411 g/mol. The third kappa shape index (κ3) is 5.02. The molecule has 7 unspecified atom stereocenters. The van der Waals surface area contributed by atoms with Crippen LogP contribution in [0.5, 0.6) is 0 Å². The maximum Gasteiger partial charge on any atom is 0.237 e. The van der Waals surface area contributed by atoms with Gasteiger partial charge in [0.05, 0.1) is 12.7 Å². The van der Waals surface area contributed by atoms with Crippen molar-refractivity contribution in [1.82, 2.24) is 31.7 Å². The Balaban J connectivity index is 1.24. The molecule has 5 N–H and O–H groups in total. The lowest BCUT2D eigenvalue weighted by Crippen LogP contribution is -2.62. The number of nitrogens with zero attached hydrogens (tertiary/aromatic N) is 1. The van der Waals surface area contributed by atoms with Crippen molar-refractivity contribution in [2.75, 3.05) is 20.3 Å². The van der Waals surface area contributed by atoms with Gasteiger partial charge in [-0.3, -0.25) is 9.69 Å². The van der Waals surface area contributed by atoms with Crippen LogP contribution in [0.4, 0.5) is 0 Å². The first-order chi connectivity index (χ1) is 13.6. The molecule has 3 heterocycles. The van der Waals surface area contributed by atoms with Gasteiger partial charge in [-0.05, 0) is 64.5 Å². The summed E-state index contributed by atoms with van der Waals surface area (Å²) >= 11 is 2.00. The Hall–Kier alpha value is -0.380. The molecule has 3 saturated heterocycles. The van der Waals surface area contributed by atoms with Crippen molar-refractivity contribution in [2.45, 2.75) is 93.2 Å². The minimum absolute atomic E-state index is 0.00395. The zero-order valence-electron chi connectivity index (χ0n) is 17.4. The molecule has 1 amide bonds. The van der Waals surface area contributed by atoms with E-state index in [0.29, 0.717) is 34.8 Å². The Labute approximate surface area is 173 Å². The van der Waals surface area contributed by atoms with Crippen LogP contribution in [0.25, 0.3) is 0 Å². The van der Waals surface area contributed by atoms with Crippen LogP contribution in [0.2, 0.25) is 0 Å². The van der Waals surface area contributed by atoms with Gasteiger partial charge in [-0.2, -0.15) is 0 Å². The van der Waals surface area contributed by atoms with Gasteiger partial charge in [0.2, 0.25) is 5.91 Å². The molecule has 0 aromatic rings. The van der Waals surface area contributed by atoms with Crippen molar-refractivity contribution < 1.29 is 4.79 Å². The molecule has 1 aliphatic carbocycles. The fraction of sp³-hybridized carbons (Fsp3) is 0.950. The van der Waals surface area contributed by atoms with Crippen molar-refractivity contribution in [3.63, 3.8) is 0 Å². The minimum Gasteiger partial charge on any atom is -0.352 e. The first-order valence-electron chi connectivity index (χ1n) is 11.2. The first kappa shape index (κ1) is 20.9. The lowest BCUT2D eigenvalue weighted by molar-refractivity contribution is -0.125. The lowest BCUT2D eigenvalue weighted by atomic mass is 9.83. The standard InChI is InChI=1S/C20H38N6OS/c1-13(28-20-25-22-12-26(20)2)14-5-3-6-15(11-14)23-19(27)18-9-8-16-17(24-18)7-4-10-21-16/h13-18,20-22,24-25H,3-12H2,1-2H3,(H,23,27). The number of fused-ring (bicyclic) bond motifs is 1. The van der Waals surface area contributed by atoms with Crippen LogP contribution < -0.4 is 26.8 Å². The molecule has 160 valence electrons. The molecule has 1 saturated carbocycles. The summed E-state index contributed by atoms with van der Waals surface area (Å²) in [6.45, 7) is 4.37. The highest BCUT2D eigenvalue weighted by Gasteiger charge is 2.36. The number of hydrogen-bond acceptors (Lipinski definition) is 7. The zero-order chi connectivity index (χ0) is 19.5. The molecule has 7 nitrogen and oxygen atoms in total. The summed E-state index contributed by atoms with van der Waals surface area (Å²) in [7, 11) is 2.14. The van der Waals surface area contributed by atoms with Gasteiger partial charge in [0.25, 0.3) is 0 Å². The van der Waals surface area contributed by atoms with Crippen molar-refractivity contribution >= 4 is 17.7 Å². The van der Waals surface area contributed by atoms with E-state index in [-0.39, 0.29) is 11.9 Å². The molecule has 7 atom stereocenters. The third-order valence-corrected chi connectivity index (χ3v) is 8.65. The predicted octanol–water partition coefficient (Wildman–Crippen LogP) is 0.936. The first-order valence-corrected chi connectivity index (χ1v) is 12.2. The summed E-state index contributed by atoms with van der Waals surface area (Å²) in [4.78, 5) is 15.2. The van der Waals surface area contributed by atoms with Crippen LogP contribution in [0, 0.1) is 5.92 Å². The number of carbonyl (C=O) groups is 1. The zero-order valence-corrected chi connectivity index (χ0v) is 18.2. The molecule has 0 spiro atoms. The molecular weight excluding hydrogens is 372 g/mol. The van der Waals surface area contributed by atoms with E-state index in [9.17, 15) is 4.79 Å². The van der Waals surface area contributed by atoms with Crippen LogP contribution in [0.15, 0.2) is 0 Å². The fourth-order valence-corrected chi connectivity index (χ4v) is 6.65. The van der Waals surface area contributed by atoms with E-state index in [0.717, 1.165) is 38.9 Å². The Morgan fingerprint density at radius 2 is 2.04 bits per heavy atom. The summed E-state index contributed by atoms with van der Waals surface area (Å²) in [5, 5.41) is 11.2. The van der Waals surface area contributed by atoms with E-state index < -0.39 is 0 Å². The van der Waals surface area contributed by atoms with Crippen LogP contribution in [-0.2, 0) is 4.79 Å². The van der Waals surface area contributed by atoms with Gasteiger partial charge >= 0.3 is 0 Å². The highest BCUT2D eigenvalue weighted by molar-refractivity contribution is 8.00. The summed E-state index contributed by atoms with van der Waals surface area (Å²) in [6.07, 6.45) is 9.22. The van der Waals surface area contributed by atoms with E-state index >= 15 is 0 Å². The number of nitrogens with one attached hydrogen (secondary N) is 5. The number of hydrogen-bond donors (Lipinski definition) is 5. The third-order valence-electron chi connectivity index (χ3n) is 7.11. The van der Waals surface area contributed by atoms with Gasteiger partial charge in [0.1, 0.15) is 5.50 Å². The Morgan fingerprint density at radius 3 is 2.86 bits per heavy atom. The number of piperidine rings is 2. The number of carbonyl (C=O) groups excluding carboxylic acids is 1. The van der Waals surface area contributed by atoms with E-state index in [1.54, 1.807) is 0 Å². The Bertz CT molecular complexity index is 537. The smallest absolute Gasteiger partial charge is 0.237 e. The second-order valence-electron chi connectivity index (χ2n) is 9.17. The number of amides is 1. The quantitative estimate of drug-likeness (QED) is 0.461. The highest BCUT2D eigenvalue weighted by atomic mass is 32.2. The van der Waals surface area contributed by atoms with Crippen LogP contribution >= 0.6 is 11.8 Å². The molecule has 0 radical (unpaired) electrons. The summed E-state index contributed by atoms with van der Waals surface area (Å²) in [6, 6.07) is 1.37. The second kappa shape index (κ2) is 9.62. The van der Waals surface area contributed by atoms with Crippen LogP contribution in [-0.4, -0.2) is 66.0 Å². The predicted molar refractivity (Wildman–Crippen MR) is 115 cm³/mol. The summed E-state index contributed by atoms with van der Waals surface area (Å²) in [5.74, 6) is 0.905. The monoisotopic (exact) mass is 410 g/mol. The summed E-state index contributed by atoms with van der Waals surface area (Å²) < 4.78 is 0. The molecule has 0 aromatic heterocycles. The SMILES string of the molecule is CC(SC1NNCN1C)C1CCCC(NC(=O)C2CCC3NCCCC3N2)C1. The van der Waals surface area contributed by atoms with E-state index in [1.165, 1.54) is 25.7 Å². The van der Waals surface area contributed by atoms with E-state index in [1.807, 2.05) is 11.8 Å². The van der Waals surface area contributed by atoms with Gasteiger partial charge in [-0.15, -0.1) is 11.8 Å². The molecule has 8 heteroatoms. The van der Waals surface area contributed by atoms with Crippen molar-refractivity contribution in [1.29, 1.82) is 0 Å². The van der Waals surface area contributed by atoms with Crippen LogP contribution in [0.3, 0.4) is 0 Å². The van der Waals surface area contributed by atoms with Gasteiger partial charge in [0.15, 0.2) is 0 Å². The molecular formula is C20H38N6OS. The second-order valence-corrected chi connectivity index (χ2v) is 10.6. The number of thioether (sulfide) groups is 1. The maximum atomic E-state index is 12.9. The van der Waals surface area contributed by atoms with Crippen molar-refractivity contribution in [2.24, 2.45) is 5.92 Å². The minimum atomic E-state index is -0.00395. The highest BCUT2D eigenvalue weighted by Crippen LogP contribution is 2.35. The molecule has 28 heavy (non-hydrogen) atoms. The molecule has 0 aromatic carbocycles. The lowest BCUT2D eigenvalue weighted by Gasteiger charge is -2.41. The van der Waals surface area contributed by atoms with Crippen molar-refractivity contribution in [3.05, 3.63) is 0 Å².